The number of carbonyl (C=O) groups is 2. The van der Waals surface area contributed by atoms with E-state index < -0.39 is 0 Å². The molecular formula is C23H27BrN2O4. The van der Waals surface area contributed by atoms with Crippen LogP contribution in [0.15, 0.2) is 46.9 Å². The fourth-order valence-corrected chi connectivity index (χ4v) is 3.73. The molecule has 0 aliphatic carbocycles. The number of para-hydroxylation sites is 1. The minimum atomic E-state index is -0.339. The normalized spacial score (nSPS) is 15.8. The molecule has 7 heteroatoms. The van der Waals surface area contributed by atoms with Crippen LogP contribution in [0.4, 0.5) is 5.69 Å². The molecule has 0 bridgehead atoms. The van der Waals surface area contributed by atoms with Gasteiger partial charge in [0.2, 0.25) is 0 Å². The number of rotatable bonds is 8. The summed E-state index contributed by atoms with van der Waals surface area (Å²) in [5.74, 6) is 0.419. The third kappa shape index (κ3) is 6.06. The van der Waals surface area contributed by atoms with Crippen LogP contribution in [0.1, 0.15) is 48.5 Å². The standard InChI is InChI=1S/C23H27BrN2O4/c1-15(2)16-9-10-21(19(24)12-16)30-14-22(27)26-20-8-4-3-7-18(20)23(28)25-13-17-6-5-11-29-17/h3-4,7-10,12,15,17H,5-6,11,13-14H2,1-2H3,(H,25,28)(H,26,27). The predicted molar refractivity (Wildman–Crippen MR) is 120 cm³/mol. The summed E-state index contributed by atoms with van der Waals surface area (Å²) in [4.78, 5) is 25.0. The lowest BCUT2D eigenvalue weighted by Gasteiger charge is -2.14. The first-order valence-electron chi connectivity index (χ1n) is 10.1. The summed E-state index contributed by atoms with van der Waals surface area (Å²) in [6.45, 7) is 5.27. The molecule has 160 valence electrons. The number of hydrogen-bond acceptors (Lipinski definition) is 4. The number of amides is 2. The van der Waals surface area contributed by atoms with Crippen molar-refractivity contribution in [1.82, 2.24) is 5.32 Å². The Morgan fingerprint density at radius 3 is 2.73 bits per heavy atom. The van der Waals surface area contributed by atoms with Gasteiger partial charge >= 0.3 is 0 Å². The zero-order valence-corrected chi connectivity index (χ0v) is 18.8. The first kappa shape index (κ1) is 22.3. The topological polar surface area (TPSA) is 76.7 Å². The first-order chi connectivity index (χ1) is 14.4. The van der Waals surface area contributed by atoms with E-state index in [1.807, 2.05) is 18.2 Å². The Labute approximate surface area is 185 Å². The van der Waals surface area contributed by atoms with Crippen molar-refractivity contribution in [2.24, 2.45) is 0 Å². The van der Waals surface area contributed by atoms with Crippen molar-refractivity contribution in [3.05, 3.63) is 58.1 Å². The molecule has 1 aliphatic heterocycles. The Balaban J connectivity index is 1.57. The highest BCUT2D eigenvalue weighted by molar-refractivity contribution is 9.10. The zero-order chi connectivity index (χ0) is 21.5. The van der Waals surface area contributed by atoms with E-state index in [4.69, 9.17) is 9.47 Å². The van der Waals surface area contributed by atoms with Gasteiger partial charge in [0.25, 0.3) is 11.8 Å². The summed E-state index contributed by atoms with van der Waals surface area (Å²) >= 11 is 3.49. The minimum absolute atomic E-state index is 0.0598. The summed E-state index contributed by atoms with van der Waals surface area (Å²) in [5, 5.41) is 5.65. The van der Waals surface area contributed by atoms with Gasteiger partial charge < -0.3 is 20.1 Å². The fraction of sp³-hybridized carbons (Fsp3) is 0.391. The zero-order valence-electron chi connectivity index (χ0n) is 17.2. The third-order valence-electron chi connectivity index (χ3n) is 4.94. The molecule has 6 nitrogen and oxygen atoms in total. The van der Waals surface area contributed by atoms with Crippen molar-refractivity contribution < 1.29 is 19.1 Å². The van der Waals surface area contributed by atoms with Crippen LogP contribution in [0.3, 0.4) is 0 Å². The molecule has 0 spiro atoms. The molecule has 1 aliphatic rings. The first-order valence-corrected chi connectivity index (χ1v) is 10.9. The van der Waals surface area contributed by atoms with Gasteiger partial charge in [-0.25, -0.2) is 0 Å². The molecule has 2 amide bonds. The van der Waals surface area contributed by atoms with E-state index >= 15 is 0 Å². The van der Waals surface area contributed by atoms with Crippen LogP contribution < -0.4 is 15.4 Å². The van der Waals surface area contributed by atoms with Gasteiger partial charge in [-0.2, -0.15) is 0 Å². The van der Waals surface area contributed by atoms with Gasteiger partial charge in [-0.15, -0.1) is 0 Å². The van der Waals surface area contributed by atoms with E-state index in [2.05, 4.69) is 40.4 Å². The van der Waals surface area contributed by atoms with Gasteiger partial charge in [-0.1, -0.05) is 32.0 Å². The fourth-order valence-electron chi connectivity index (χ4n) is 3.22. The van der Waals surface area contributed by atoms with E-state index in [1.165, 1.54) is 5.56 Å². The molecule has 2 N–H and O–H groups in total. The van der Waals surface area contributed by atoms with Crippen LogP contribution in [0.2, 0.25) is 0 Å². The van der Waals surface area contributed by atoms with Crippen LogP contribution >= 0.6 is 15.9 Å². The largest absolute Gasteiger partial charge is 0.483 e. The molecule has 30 heavy (non-hydrogen) atoms. The molecule has 0 saturated carbocycles. The Kier molecular flexibility index (Phi) is 7.87. The van der Waals surface area contributed by atoms with E-state index in [1.54, 1.807) is 24.3 Å². The lowest BCUT2D eigenvalue weighted by Crippen LogP contribution is -2.32. The number of anilines is 1. The Morgan fingerprint density at radius 2 is 2.03 bits per heavy atom. The number of hydrogen-bond donors (Lipinski definition) is 2. The van der Waals surface area contributed by atoms with Gasteiger partial charge in [0.15, 0.2) is 6.61 Å². The highest BCUT2D eigenvalue weighted by Gasteiger charge is 2.18. The van der Waals surface area contributed by atoms with Crippen molar-refractivity contribution >= 4 is 33.4 Å². The van der Waals surface area contributed by atoms with Gasteiger partial charge in [-0.05, 0) is 64.5 Å². The molecular weight excluding hydrogens is 448 g/mol. The molecule has 0 radical (unpaired) electrons. The highest BCUT2D eigenvalue weighted by atomic mass is 79.9. The van der Waals surface area contributed by atoms with Crippen molar-refractivity contribution in [1.29, 1.82) is 0 Å². The molecule has 1 fully saturated rings. The summed E-state index contributed by atoms with van der Waals surface area (Å²) in [6.07, 6.45) is 2.03. The molecule has 3 rings (SSSR count). The third-order valence-corrected chi connectivity index (χ3v) is 5.56. The predicted octanol–water partition coefficient (Wildman–Crippen LogP) is 4.50. The Hall–Kier alpha value is -2.38. The van der Waals surface area contributed by atoms with Crippen molar-refractivity contribution in [3.8, 4) is 5.75 Å². The van der Waals surface area contributed by atoms with Crippen LogP contribution in [0.25, 0.3) is 0 Å². The van der Waals surface area contributed by atoms with Crippen LogP contribution in [0, 0.1) is 0 Å². The highest BCUT2D eigenvalue weighted by Crippen LogP contribution is 2.29. The van der Waals surface area contributed by atoms with Crippen molar-refractivity contribution in [2.75, 3.05) is 25.1 Å². The second kappa shape index (κ2) is 10.6. The smallest absolute Gasteiger partial charge is 0.262 e. The van der Waals surface area contributed by atoms with Crippen LogP contribution in [-0.2, 0) is 9.53 Å². The van der Waals surface area contributed by atoms with Crippen molar-refractivity contribution in [2.45, 2.75) is 38.7 Å². The second-order valence-electron chi connectivity index (χ2n) is 7.57. The quantitative estimate of drug-likeness (QED) is 0.590. The van der Waals surface area contributed by atoms with E-state index in [-0.39, 0.29) is 24.5 Å². The summed E-state index contributed by atoms with van der Waals surface area (Å²) in [5.41, 5.74) is 2.04. The summed E-state index contributed by atoms with van der Waals surface area (Å²) in [7, 11) is 0. The van der Waals surface area contributed by atoms with Crippen LogP contribution in [0.5, 0.6) is 5.75 Å². The maximum Gasteiger partial charge on any atom is 0.262 e. The molecule has 1 saturated heterocycles. The average molecular weight is 475 g/mol. The second-order valence-corrected chi connectivity index (χ2v) is 8.43. The number of benzene rings is 2. The van der Waals surface area contributed by atoms with Gasteiger partial charge in [0.1, 0.15) is 5.75 Å². The van der Waals surface area contributed by atoms with Gasteiger partial charge in [0.05, 0.1) is 21.8 Å². The minimum Gasteiger partial charge on any atom is -0.483 e. The number of nitrogens with one attached hydrogen (secondary N) is 2. The molecule has 2 aromatic carbocycles. The molecule has 2 aromatic rings. The average Bonchev–Trinajstić information content (AvgIpc) is 3.25. The molecule has 1 atom stereocenters. The van der Waals surface area contributed by atoms with E-state index in [0.717, 1.165) is 23.9 Å². The lowest BCUT2D eigenvalue weighted by molar-refractivity contribution is -0.118. The monoisotopic (exact) mass is 474 g/mol. The Morgan fingerprint density at radius 1 is 1.23 bits per heavy atom. The van der Waals surface area contributed by atoms with Crippen molar-refractivity contribution in [3.63, 3.8) is 0 Å². The van der Waals surface area contributed by atoms with E-state index in [9.17, 15) is 9.59 Å². The lowest BCUT2D eigenvalue weighted by atomic mass is 10.0. The number of carbonyl (C=O) groups excluding carboxylic acids is 2. The van der Waals surface area contributed by atoms with Gasteiger partial charge in [-0.3, -0.25) is 9.59 Å². The maximum atomic E-state index is 12.6. The molecule has 1 unspecified atom stereocenters. The number of ether oxygens (including phenoxy) is 2. The Bertz CT molecular complexity index is 895. The summed E-state index contributed by atoms with van der Waals surface area (Å²) in [6, 6.07) is 12.7. The maximum absolute atomic E-state index is 12.6. The number of halogens is 1. The van der Waals surface area contributed by atoms with Gasteiger partial charge in [0, 0.05) is 13.2 Å². The summed E-state index contributed by atoms with van der Waals surface area (Å²) < 4.78 is 12.0. The SMILES string of the molecule is CC(C)c1ccc(OCC(=O)Nc2ccccc2C(=O)NCC2CCCO2)c(Br)c1. The molecule has 0 aromatic heterocycles. The van der Waals surface area contributed by atoms with Crippen LogP contribution in [-0.4, -0.2) is 37.7 Å². The molecule has 1 heterocycles. The van der Waals surface area contributed by atoms with E-state index in [0.29, 0.717) is 29.5 Å².